The Labute approximate surface area is 115 Å². The maximum atomic E-state index is 12.3. The van der Waals surface area contributed by atoms with Crippen LogP contribution in [0.5, 0.6) is 0 Å². The van der Waals surface area contributed by atoms with Crippen LogP contribution in [0.25, 0.3) is 0 Å². The number of nitrogens with one attached hydrogen (secondary N) is 1. The topological polar surface area (TPSA) is 46.9 Å². The summed E-state index contributed by atoms with van der Waals surface area (Å²) in [6.07, 6.45) is 7.13. The molecule has 1 atom stereocenters. The molecule has 98 valence electrons. The second-order valence-corrected chi connectivity index (χ2v) is 5.67. The standard InChI is InChI=1S/C13H18BrN3O/c1-3-9(2)16-12-11(14)7-15-17(13(12)18)8-10-5-4-6-10/h3,7,9-10,16H,1,4-6,8H2,2H3. The first-order valence-corrected chi connectivity index (χ1v) is 7.06. The number of nitrogens with zero attached hydrogens (tertiary/aromatic N) is 2. The molecule has 0 radical (unpaired) electrons. The number of hydrogen-bond donors (Lipinski definition) is 1. The van der Waals surface area contributed by atoms with E-state index in [2.05, 4.69) is 32.9 Å². The highest BCUT2D eigenvalue weighted by Gasteiger charge is 2.20. The van der Waals surface area contributed by atoms with Gasteiger partial charge in [0.2, 0.25) is 0 Å². The van der Waals surface area contributed by atoms with Gasteiger partial charge >= 0.3 is 0 Å². The third-order valence-corrected chi connectivity index (χ3v) is 3.98. The summed E-state index contributed by atoms with van der Waals surface area (Å²) in [5.41, 5.74) is 0.502. The van der Waals surface area contributed by atoms with Crippen LogP contribution in [0.1, 0.15) is 26.2 Å². The molecular formula is C13H18BrN3O. The average molecular weight is 312 g/mol. The number of rotatable bonds is 5. The molecule has 2 rings (SSSR count). The zero-order valence-electron chi connectivity index (χ0n) is 10.5. The first-order valence-electron chi connectivity index (χ1n) is 6.26. The van der Waals surface area contributed by atoms with Gasteiger partial charge in [-0.2, -0.15) is 5.10 Å². The molecule has 1 aliphatic rings. The molecular weight excluding hydrogens is 294 g/mol. The van der Waals surface area contributed by atoms with Crippen LogP contribution in [0.3, 0.4) is 0 Å². The van der Waals surface area contributed by atoms with Crippen LogP contribution >= 0.6 is 15.9 Å². The predicted octanol–water partition coefficient (Wildman–Crippen LogP) is 2.79. The van der Waals surface area contributed by atoms with E-state index >= 15 is 0 Å². The fourth-order valence-corrected chi connectivity index (χ4v) is 2.31. The van der Waals surface area contributed by atoms with Crippen molar-refractivity contribution >= 4 is 21.6 Å². The summed E-state index contributed by atoms with van der Waals surface area (Å²) in [7, 11) is 0. The summed E-state index contributed by atoms with van der Waals surface area (Å²) in [5.74, 6) is 0.612. The molecule has 1 aromatic rings. The SMILES string of the molecule is C=CC(C)Nc1c(Br)cnn(CC2CCC2)c1=O. The number of anilines is 1. The lowest BCUT2D eigenvalue weighted by Crippen LogP contribution is -2.32. The van der Waals surface area contributed by atoms with E-state index in [0.29, 0.717) is 16.1 Å². The van der Waals surface area contributed by atoms with Crippen molar-refractivity contribution in [2.24, 2.45) is 5.92 Å². The minimum Gasteiger partial charge on any atom is -0.374 e. The number of halogens is 1. The van der Waals surface area contributed by atoms with Gasteiger partial charge in [-0.05, 0) is 41.6 Å². The molecule has 4 nitrogen and oxygen atoms in total. The quantitative estimate of drug-likeness (QED) is 0.851. The van der Waals surface area contributed by atoms with Crippen LogP contribution in [0.15, 0.2) is 28.1 Å². The van der Waals surface area contributed by atoms with Gasteiger partial charge < -0.3 is 5.32 Å². The maximum Gasteiger partial charge on any atom is 0.291 e. The molecule has 1 aromatic heterocycles. The van der Waals surface area contributed by atoms with Crippen LogP contribution in [-0.4, -0.2) is 15.8 Å². The van der Waals surface area contributed by atoms with Gasteiger partial charge in [-0.3, -0.25) is 4.79 Å². The van der Waals surface area contributed by atoms with Crippen LogP contribution in [-0.2, 0) is 6.54 Å². The Balaban J connectivity index is 2.24. The Kier molecular flexibility index (Phi) is 4.22. The van der Waals surface area contributed by atoms with Crippen molar-refractivity contribution in [2.75, 3.05) is 5.32 Å². The summed E-state index contributed by atoms with van der Waals surface area (Å²) in [6.45, 7) is 6.39. The van der Waals surface area contributed by atoms with Gasteiger partial charge in [0.15, 0.2) is 0 Å². The zero-order valence-corrected chi connectivity index (χ0v) is 12.1. The molecule has 18 heavy (non-hydrogen) atoms. The highest BCUT2D eigenvalue weighted by molar-refractivity contribution is 9.10. The molecule has 0 aliphatic heterocycles. The van der Waals surface area contributed by atoms with Crippen LogP contribution in [0.4, 0.5) is 5.69 Å². The third-order valence-electron chi connectivity index (χ3n) is 3.38. The smallest absolute Gasteiger partial charge is 0.291 e. The van der Waals surface area contributed by atoms with E-state index in [4.69, 9.17) is 0 Å². The van der Waals surface area contributed by atoms with Gasteiger partial charge in [0.05, 0.1) is 10.7 Å². The zero-order chi connectivity index (χ0) is 13.1. The molecule has 1 saturated carbocycles. The molecule has 1 fully saturated rings. The summed E-state index contributed by atoms with van der Waals surface area (Å²) in [5, 5.41) is 7.32. The van der Waals surface area contributed by atoms with Crippen molar-refractivity contribution < 1.29 is 0 Å². The lowest BCUT2D eigenvalue weighted by Gasteiger charge is -2.25. The first kappa shape index (κ1) is 13.3. The van der Waals surface area contributed by atoms with Crippen LogP contribution in [0.2, 0.25) is 0 Å². The first-order chi connectivity index (χ1) is 8.61. The monoisotopic (exact) mass is 311 g/mol. The van der Waals surface area contributed by atoms with Crippen molar-refractivity contribution in [2.45, 2.75) is 38.8 Å². The van der Waals surface area contributed by atoms with Crippen molar-refractivity contribution in [3.8, 4) is 0 Å². The van der Waals surface area contributed by atoms with E-state index in [0.717, 1.165) is 6.54 Å². The Morgan fingerprint density at radius 3 is 3.00 bits per heavy atom. The second kappa shape index (κ2) is 5.69. The predicted molar refractivity (Wildman–Crippen MR) is 76.8 cm³/mol. The van der Waals surface area contributed by atoms with Crippen molar-refractivity contribution in [1.82, 2.24) is 9.78 Å². The fraction of sp³-hybridized carbons (Fsp3) is 0.538. The normalized spacial score (nSPS) is 17.0. The van der Waals surface area contributed by atoms with Crippen molar-refractivity contribution in [3.05, 3.63) is 33.7 Å². The van der Waals surface area contributed by atoms with Gasteiger partial charge in [-0.1, -0.05) is 12.5 Å². The maximum absolute atomic E-state index is 12.3. The second-order valence-electron chi connectivity index (χ2n) is 4.82. The van der Waals surface area contributed by atoms with Gasteiger partial charge in [-0.15, -0.1) is 6.58 Å². The molecule has 1 aliphatic carbocycles. The Bertz CT molecular complexity index is 493. The highest BCUT2D eigenvalue weighted by Crippen LogP contribution is 2.27. The molecule has 0 amide bonds. The van der Waals surface area contributed by atoms with E-state index in [1.165, 1.54) is 19.3 Å². The third kappa shape index (κ3) is 2.83. The largest absolute Gasteiger partial charge is 0.374 e. The van der Waals surface area contributed by atoms with Gasteiger partial charge in [0, 0.05) is 12.6 Å². The Morgan fingerprint density at radius 1 is 1.72 bits per heavy atom. The summed E-state index contributed by atoms with van der Waals surface area (Å²) in [4.78, 5) is 12.3. The fourth-order valence-electron chi connectivity index (χ4n) is 1.94. The summed E-state index contributed by atoms with van der Waals surface area (Å²) < 4.78 is 2.26. The van der Waals surface area contributed by atoms with E-state index in [-0.39, 0.29) is 11.6 Å². The van der Waals surface area contributed by atoms with Crippen molar-refractivity contribution in [1.29, 1.82) is 0 Å². The highest BCUT2D eigenvalue weighted by atomic mass is 79.9. The average Bonchev–Trinajstić information content (AvgIpc) is 2.31. The van der Waals surface area contributed by atoms with E-state index in [1.807, 2.05) is 6.92 Å². The van der Waals surface area contributed by atoms with Gasteiger partial charge in [-0.25, -0.2) is 4.68 Å². The summed E-state index contributed by atoms with van der Waals surface area (Å²) in [6, 6.07) is 0.0496. The van der Waals surface area contributed by atoms with Gasteiger partial charge in [0.25, 0.3) is 5.56 Å². The van der Waals surface area contributed by atoms with Gasteiger partial charge in [0.1, 0.15) is 5.69 Å². The molecule has 0 spiro atoms. The molecule has 1 heterocycles. The lowest BCUT2D eigenvalue weighted by molar-refractivity contribution is 0.262. The number of aromatic nitrogens is 2. The Hall–Kier alpha value is -1.10. The van der Waals surface area contributed by atoms with Crippen molar-refractivity contribution in [3.63, 3.8) is 0 Å². The minimum absolute atomic E-state index is 0.0496. The lowest BCUT2D eigenvalue weighted by atomic mass is 9.85. The summed E-state index contributed by atoms with van der Waals surface area (Å²) >= 11 is 3.36. The Morgan fingerprint density at radius 2 is 2.44 bits per heavy atom. The molecule has 0 bridgehead atoms. The van der Waals surface area contributed by atoms with E-state index in [1.54, 1.807) is 17.0 Å². The molecule has 0 aromatic carbocycles. The molecule has 1 N–H and O–H groups in total. The van der Waals surface area contributed by atoms with Crippen LogP contribution in [0, 0.1) is 5.92 Å². The van der Waals surface area contributed by atoms with E-state index < -0.39 is 0 Å². The van der Waals surface area contributed by atoms with Crippen LogP contribution < -0.4 is 10.9 Å². The molecule has 1 unspecified atom stereocenters. The molecule has 0 saturated heterocycles. The number of hydrogen-bond acceptors (Lipinski definition) is 3. The minimum atomic E-state index is -0.0648. The van der Waals surface area contributed by atoms with E-state index in [9.17, 15) is 4.79 Å². The molecule has 5 heteroatoms.